The van der Waals surface area contributed by atoms with Crippen LogP contribution in [0, 0.1) is 6.92 Å². The number of pyridine rings is 1. The quantitative estimate of drug-likeness (QED) is 0.254. The van der Waals surface area contributed by atoms with Crippen LogP contribution in [0.3, 0.4) is 0 Å². The van der Waals surface area contributed by atoms with Gasteiger partial charge in [0.2, 0.25) is 5.91 Å². The molecule has 4 aromatic rings. The van der Waals surface area contributed by atoms with Gasteiger partial charge < -0.3 is 25.4 Å². The van der Waals surface area contributed by atoms with E-state index in [0.717, 1.165) is 65.3 Å². The summed E-state index contributed by atoms with van der Waals surface area (Å²) in [5, 5.41) is 20.8. The second-order valence-electron chi connectivity index (χ2n) is 13.4. The minimum absolute atomic E-state index is 0.0161. The number of nitrogens with zero attached hydrogens (tertiary/aromatic N) is 4. The van der Waals surface area contributed by atoms with Crippen molar-refractivity contribution < 1.29 is 23.8 Å². The van der Waals surface area contributed by atoms with Gasteiger partial charge in [0.25, 0.3) is 5.91 Å². The summed E-state index contributed by atoms with van der Waals surface area (Å²) < 4.78 is 22.4. The number of aryl methyl sites for hydroxylation is 3. The standard InChI is InChI=1S/C36H37FN6O4/c1-20-17-39-42(2)33(20)28-8-6-24(15-30(28)44)40-34(45)32(41-35(46)36(37)10-11-36)27-7-5-21-3-4-22(13-29(21)27)23-9-12-38-31(14-23)43-18-26-16-25(43)19-47-26/h3-4,6,8-9,12-15,17,25-27,32,44H,5,7,10-11,16,18-19H2,1-2H3,(H,40,45)(H,41,46)/t25-,26?,27+,32-/m0/s1. The van der Waals surface area contributed by atoms with Crippen molar-refractivity contribution in [2.24, 2.45) is 7.05 Å². The van der Waals surface area contributed by atoms with Crippen molar-refractivity contribution in [2.45, 2.75) is 68.8 Å². The van der Waals surface area contributed by atoms with Crippen LogP contribution in [0.1, 0.15) is 48.3 Å². The Labute approximate surface area is 272 Å². The fourth-order valence-corrected chi connectivity index (χ4v) is 7.52. The molecule has 4 aliphatic rings. The summed E-state index contributed by atoms with van der Waals surface area (Å²) in [6.07, 6.45) is 6.49. The lowest BCUT2D eigenvalue weighted by Crippen LogP contribution is -2.50. The number of rotatable bonds is 8. The number of carbonyl (C=O) groups excluding carboxylic acids is 2. The Balaban J connectivity index is 1.08. The predicted molar refractivity (Wildman–Crippen MR) is 175 cm³/mol. The van der Waals surface area contributed by atoms with Gasteiger partial charge in [-0.2, -0.15) is 5.10 Å². The number of amides is 2. The van der Waals surface area contributed by atoms with E-state index in [0.29, 0.717) is 23.7 Å². The van der Waals surface area contributed by atoms with Crippen molar-refractivity contribution in [3.63, 3.8) is 0 Å². The summed E-state index contributed by atoms with van der Waals surface area (Å²) in [5.41, 5.74) is 4.75. The van der Waals surface area contributed by atoms with Gasteiger partial charge >= 0.3 is 0 Å². The summed E-state index contributed by atoms with van der Waals surface area (Å²) in [4.78, 5) is 34.0. The molecule has 2 aromatic carbocycles. The summed E-state index contributed by atoms with van der Waals surface area (Å²) in [6, 6.07) is 14.6. The largest absolute Gasteiger partial charge is 0.507 e. The van der Waals surface area contributed by atoms with Crippen LogP contribution in [0.2, 0.25) is 0 Å². The summed E-state index contributed by atoms with van der Waals surface area (Å²) in [6.45, 7) is 3.47. The number of morpholine rings is 1. The molecule has 242 valence electrons. The zero-order chi connectivity index (χ0) is 32.4. The minimum atomic E-state index is -1.93. The number of phenols is 1. The van der Waals surface area contributed by atoms with Crippen LogP contribution in [0.25, 0.3) is 22.4 Å². The number of phenolic OH excluding ortho intramolecular Hbond substituents is 1. The first-order chi connectivity index (χ1) is 22.7. The predicted octanol–water partition coefficient (Wildman–Crippen LogP) is 4.80. The number of aromatic nitrogens is 3. The molecule has 4 atom stereocenters. The third kappa shape index (κ3) is 5.32. The lowest BCUT2D eigenvalue weighted by atomic mass is 9.90. The highest BCUT2D eigenvalue weighted by molar-refractivity contribution is 6.00. The second kappa shape index (κ2) is 11.2. The Bertz CT molecular complexity index is 1880. The smallest absolute Gasteiger partial charge is 0.258 e. The van der Waals surface area contributed by atoms with E-state index in [1.54, 1.807) is 30.1 Å². The molecule has 2 aliphatic carbocycles. The highest BCUT2D eigenvalue weighted by Gasteiger charge is 2.52. The zero-order valence-electron chi connectivity index (χ0n) is 26.4. The van der Waals surface area contributed by atoms with Gasteiger partial charge in [0.1, 0.15) is 17.6 Å². The first-order valence-electron chi connectivity index (χ1n) is 16.3. The topological polar surface area (TPSA) is 122 Å². The molecule has 1 unspecified atom stereocenters. The number of carbonyl (C=O) groups is 2. The number of nitrogens with one attached hydrogen (secondary N) is 2. The van der Waals surface area contributed by atoms with Crippen LogP contribution in [0.4, 0.5) is 15.9 Å². The van der Waals surface area contributed by atoms with Gasteiger partial charge in [-0.25, -0.2) is 9.37 Å². The Morgan fingerprint density at radius 2 is 1.96 bits per heavy atom. The van der Waals surface area contributed by atoms with Gasteiger partial charge in [0.15, 0.2) is 5.67 Å². The number of fused-ring (bicyclic) bond motifs is 3. The summed E-state index contributed by atoms with van der Waals surface area (Å²) in [5.74, 6) is -0.681. The molecule has 2 aromatic heterocycles. The molecule has 3 N–H and O–H groups in total. The van der Waals surface area contributed by atoms with Crippen molar-refractivity contribution in [3.8, 4) is 28.1 Å². The molecule has 4 heterocycles. The van der Waals surface area contributed by atoms with E-state index in [-0.39, 0.29) is 30.6 Å². The molecule has 1 saturated carbocycles. The molecule has 2 saturated heterocycles. The summed E-state index contributed by atoms with van der Waals surface area (Å²) >= 11 is 0. The average molecular weight is 637 g/mol. The molecule has 3 fully saturated rings. The third-order valence-corrected chi connectivity index (χ3v) is 10.3. The van der Waals surface area contributed by atoms with Gasteiger partial charge in [-0.3, -0.25) is 14.3 Å². The van der Waals surface area contributed by atoms with E-state index >= 15 is 0 Å². The van der Waals surface area contributed by atoms with Gasteiger partial charge in [-0.05, 0) is 91.1 Å². The number of hydrogen-bond donors (Lipinski definition) is 3. The first kappa shape index (κ1) is 29.6. The molecular formula is C36H37FN6O4. The van der Waals surface area contributed by atoms with Crippen LogP contribution >= 0.6 is 0 Å². The van der Waals surface area contributed by atoms with E-state index in [4.69, 9.17) is 4.74 Å². The number of ether oxygens (including phenoxy) is 1. The highest BCUT2D eigenvalue weighted by Crippen LogP contribution is 2.43. The maximum absolute atomic E-state index is 14.9. The van der Waals surface area contributed by atoms with Crippen LogP contribution in [0.15, 0.2) is 60.9 Å². The Kier molecular flexibility index (Phi) is 7.05. The fraction of sp³-hybridized carbons (Fsp3) is 0.389. The molecular weight excluding hydrogens is 599 g/mol. The van der Waals surface area contributed by atoms with Gasteiger partial charge in [0.05, 0.1) is 30.6 Å². The Morgan fingerprint density at radius 1 is 1.13 bits per heavy atom. The van der Waals surface area contributed by atoms with Gasteiger partial charge in [-0.1, -0.05) is 18.2 Å². The van der Waals surface area contributed by atoms with E-state index in [2.05, 4.69) is 49.9 Å². The molecule has 47 heavy (non-hydrogen) atoms. The fourth-order valence-electron chi connectivity index (χ4n) is 7.52. The lowest BCUT2D eigenvalue weighted by molar-refractivity contribution is -0.131. The maximum Gasteiger partial charge on any atom is 0.258 e. The minimum Gasteiger partial charge on any atom is -0.507 e. The van der Waals surface area contributed by atoms with E-state index in [1.807, 2.05) is 19.2 Å². The van der Waals surface area contributed by atoms with E-state index in [9.17, 15) is 19.1 Å². The highest BCUT2D eigenvalue weighted by atomic mass is 19.1. The number of benzene rings is 2. The van der Waals surface area contributed by atoms with Gasteiger partial charge in [-0.15, -0.1) is 0 Å². The molecule has 8 rings (SSSR count). The molecule has 2 bridgehead atoms. The van der Waals surface area contributed by atoms with Crippen LogP contribution in [0.5, 0.6) is 5.75 Å². The zero-order valence-corrected chi connectivity index (χ0v) is 26.4. The number of halogens is 1. The van der Waals surface area contributed by atoms with Crippen molar-refractivity contribution in [1.29, 1.82) is 0 Å². The monoisotopic (exact) mass is 636 g/mol. The molecule has 0 spiro atoms. The van der Waals surface area contributed by atoms with Crippen molar-refractivity contribution in [2.75, 3.05) is 23.4 Å². The molecule has 2 amide bonds. The van der Waals surface area contributed by atoms with Crippen molar-refractivity contribution in [3.05, 3.63) is 77.6 Å². The average Bonchev–Trinajstić information content (AvgIpc) is 3.46. The van der Waals surface area contributed by atoms with Crippen LogP contribution < -0.4 is 15.5 Å². The lowest BCUT2D eigenvalue weighted by Gasteiger charge is -2.28. The molecule has 11 heteroatoms. The first-order valence-corrected chi connectivity index (χ1v) is 16.3. The SMILES string of the molecule is Cc1cnn(C)c1-c1ccc(NC(=O)[C@@H](NC(=O)C2(F)CC2)[C@@H]2CCc3ccc(-c4ccnc(N5CC6C[C@H]5CO6)c4)cc32)cc1O. The maximum atomic E-state index is 14.9. The Hall–Kier alpha value is -4.77. The van der Waals surface area contributed by atoms with Crippen molar-refractivity contribution in [1.82, 2.24) is 20.1 Å². The van der Waals surface area contributed by atoms with E-state index in [1.165, 1.54) is 6.07 Å². The molecule has 0 radical (unpaired) electrons. The van der Waals surface area contributed by atoms with E-state index < -0.39 is 23.5 Å². The van der Waals surface area contributed by atoms with Crippen LogP contribution in [-0.2, 0) is 27.8 Å². The van der Waals surface area contributed by atoms with Crippen LogP contribution in [-0.4, -0.2) is 68.7 Å². The number of hydrogen-bond acceptors (Lipinski definition) is 7. The number of alkyl halides is 1. The van der Waals surface area contributed by atoms with Crippen molar-refractivity contribution >= 4 is 23.3 Å². The third-order valence-electron chi connectivity index (χ3n) is 10.3. The van der Waals surface area contributed by atoms with Gasteiger partial charge in [0, 0.05) is 43.0 Å². The molecule has 2 aliphatic heterocycles. The second-order valence-corrected chi connectivity index (χ2v) is 13.4. The summed E-state index contributed by atoms with van der Waals surface area (Å²) in [7, 11) is 1.80. The number of anilines is 2. The number of aromatic hydroxyl groups is 1. The Morgan fingerprint density at radius 3 is 2.66 bits per heavy atom. The normalized spacial score (nSPS) is 22.6. The molecule has 10 nitrogen and oxygen atoms in total.